The van der Waals surface area contributed by atoms with Crippen molar-refractivity contribution in [1.82, 2.24) is 4.98 Å². The first-order chi connectivity index (χ1) is 13.1. The normalized spacial score (nSPS) is 14.2. The highest BCUT2D eigenvalue weighted by Crippen LogP contribution is 2.32. The molecule has 136 valence electrons. The number of thiazole rings is 1. The second-order valence-corrected chi connectivity index (χ2v) is 7.83. The first kappa shape index (κ1) is 17.7. The number of imide groups is 1. The van der Waals surface area contributed by atoms with E-state index in [4.69, 9.17) is 0 Å². The Hall–Kier alpha value is -2.71. The minimum Gasteiger partial charge on any atom is -0.298 e. The van der Waals surface area contributed by atoms with E-state index >= 15 is 0 Å². The Bertz CT molecular complexity index is 1040. The molecule has 2 heterocycles. The van der Waals surface area contributed by atoms with Crippen molar-refractivity contribution >= 4 is 61.9 Å². The van der Waals surface area contributed by atoms with E-state index in [2.05, 4.69) is 10.3 Å². The molecule has 1 aliphatic rings. The lowest BCUT2D eigenvalue weighted by molar-refractivity contribution is -0.121. The molecule has 1 saturated heterocycles. The molecule has 27 heavy (non-hydrogen) atoms. The molecule has 0 spiro atoms. The van der Waals surface area contributed by atoms with Crippen molar-refractivity contribution in [3.8, 4) is 0 Å². The summed E-state index contributed by atoms with van der Waals surface area (Å²) >= 11 is 3.03. The number of amides is 3. The predicted octanol–water partition coefficient (Wildman–Crippen LogP) is 3.92. The van der Waals surface area contributed by atoms with Crippen LogP contribution in [0.3, 0.4) is 0 Å². The van der Waals surface area contributed by atoms with Crippen molar-refractivity contribution < 1.29 is 14.4 Å². The van der Waals surface area contributed by atoms with Crippen LogP contribution >= 0.6 is 23.1 Å². The first-order valence-corrected chi connectivity index (χ1v) is 10.3. The van der Waals surface area contributed by atoms with E-state index in [9.17, 15) is 14.4 Å². The number of rotatable bonds is 4. The zero-order valence-corrected chi connectivity index (χ0v) is 16.0. The molecule has 3 amide bonds. The summed E-state index contributed by atoms with van der Waals surface area (Å²) in [4.78, 5) is 42.9. The summed E-state index contributed by atoms with van der Waals surface area (Å²) in [6.45, 7) is 0. The largest absolute Gasteiger partial charge is 0.298 e. The number of carbonyl (C=O) groups is 3. The van der Waals surface area contributed by atoms with Crippen molar-refractivity contribution in [3.05, 3.63) is 48.0 Å². The summed E-state index contributed by atoms with van der Waals surface area (Å²) in [6.07, 6.45) is 2.46. The number of nitrogens with one attached hydrogen (secondary N) is 1. The summed E-state index contributed by atoms with van der Waals surface area (Å²) in [7, 11) is 0. The van der Waals surface area contributed by atoms with Gasteiger partial charge in [-0.25, -0.2) is 4.98 Å². The Morgan fingerprint density at radius 1 is 1.11 bits per heavy atom. The minimum atomic E-state index is -0.287. The maximum atomic E-state index is 12.5. The van der Waals surface area contributed by atoms with Crippen LogP contribution in [0, 0.1) is 0 Å². The third-order valence-corrected chi connectivity index (χ3v) is 5.97. The van der Waals surface area contributed by atoms with Gasteiger partial charge in [-0.2, -0.15) is 0 Å². The topological polar surface area (TPSA) is 79.4 Å². The highest BCUT2D eigenvalue weighted by Gasteiger charge is 2.30. The van der Waals surface area contributed by atoms with Crippen LogP contribution < -0.4 is 10.2 Å². The van der Waals surface area contributed by atoms with Gasteiger partial charge in [0.25, 0.3) is 5.91 Å². The summed E-state index contributed by atoms with van der Waals surface area (Å²) in [6, 6.07) is 12.4. The van der Waals surface area contributed by atoms with Crippen LogP contribution in [-0.4, -0.2) is 29.0 Å². The molecule has 0 bridgehead atoms. The van der Waals surface area contributed by atoms with Gasteiger partial charge in [-0.05, 0) is 42.7 Å². The van der Waals surface area contributed by atoms with Gasteiger partial charge >= 0.3 is 0 Å². The second kappa shape index (κ2) is 7.13. The second-order valence-electron chi connectivity index (χ2n) is 5.95. The molecule has 1 N–H and O–H groups in total. The van der Waals surface area contributed by atoms with Gasteiger partial charge in [0.05, 0.1) is 15.9 Å². The molecule has 0 radical (unpaired) electrons. The quantitative estimate of drug-likeness (QED) is 0.533. The number of thioether (sulfide) groups is 1. The van der Waals surface area contributed by atoms with Gasteiger partial charge in [-0.15, -0.1) is 11.8 Å². The molecule has 0 unspecified atom stereocenters. The van der Waals surface area contributed by atoms with E-state index in [-0.39, 0.29) is 30.6 Å². The van der Waals surface area contributed by atoms with Crippen LogP contribution in [0.2, 0.25) is 0 Å². The van der Waals surface area contributed by atoms with E-state index in [1.165, 1.54) is 16.2 Å². The van der Waals surface area contributed by atoms with E-state index in [1.54, 1.807) is 36.0 Å². The van der Waals surface area contributed by atoms with Gasteiger partial charge in [-0.3, -0.25) is 24.6 Å². The lowest BCUT2D eigenvalue weighted by Gasteiger charge is -2.13. The maximum absolute atomic E-state index is 12.5. The van der Waals surface area contributed by atoms with E-state index in [1.807, 2.05) is 24.5 Å². The monoisotopic (exact) mass is 397 g/mol. The minimum absolute atomic E-state index is 0.212. The maximum Gasteiger partial charge on any atom is 0.257 e. The molecule has 6 nitrogen and oxygen atoms in total. The number of hydrogen-bond donors (Lipinski definition) is 1. The molecular formula is C19H15N3O3S2. The van der Waals surface area contributed by atoms with Crippen LogP contribution in [0.4, 0.5) is 10.8 Å². The molecule has 2 aromatic carbocycles. The highest BCUT2D eigenvalue weighted by molar-refractivity contribution is 7.98. The van der Waals surface area contributed by atoms with E-state index in [0.29, 0.717) is 16.4 Å². The SMILES string of the molecule is CSc1cccc2sc(NC(=O)c3ccc(N4C(=O)CCC4=O)cc3)nc12. The smallest absolute Gasteiger partial charge is 0.257 e. The Kier molecular flexibility index (Phi) is 4.67. The van der Waals surface area contributed by atoms with Crippen molar-refractivity contribution in [2.45, 2.75) is 17.7 Å². The van der Waals surface area contributed by atoms with Crippen molar-refractivity contribution in [1.29, 1.82) is 0 Å². The average Bonchev–Trinajstić information content (AvgIpc) is 3.23. The first-order valence-electron chi connectivity index (χ1n) is 8.27. The fourth-order valence-corrected chi connectivity index (χ4v) is 4.45. The van der Waals surface area contributed by atoms with Crippen LogP contribution in [0.25, 0.3) is 10.2 Å². The molecule has 1 aliphatic heterocycles. The van der Waals surface area contributed by atoms with Gasteiger partial charge in [0.2, 0.25) is 11.8 Å². The van der Waals surface area contributed by atoms with Crippen LogP contribution in [0.15, 0.2) is 47.4 Å². The van der Waals surface area contributed by atoms with Crippen LogP contribution in [0.1, 0.15) is 23.2 Å². The molecule has 8 heteroatoms. The van der Waals surface area contributed by atoms with E-state index < -0.39 is 0 Å². The van der Waals surface area contributed by atoms with Crippen LogP contribution in [-0.2, 0) is 9.59 Å². The lowest BCUT2D eigenvalue weighted by atomic mass is 10.2. The predicted molar refractivity (Wildman–Crippen MR) is 108 cm³/mol. The number of benzene rings is 2. The fraction of sp³-hybridized carbons (Fsp3) is 0.158. The average molecular weight is 397 g/mol. The van der Waals surface area contributed by atoms with Crippen molar-refractivity contribution in [2.75, 3.05) is 16.5 Å². The molecule has 0 aliphatic carbocycles. The Morgan fingerprint density at radius 3 is 2.48 bits per heavy atom. The molecule has 0 atom stereocenters. The number of hydrogen-bond acceptors (Lipinski definition) is 6. The molecule has 1 fully saturated rings. The summed E-state index contributed by atoms with van der Waals surface area (Å²) in [5.74, 6) is -0.710. The van der Waals surface area contributed by atoms with Crippen molar-refractivity contribution in [3.63, 3.8) is 0 Å². The van der Waals surface area contributed by atoms with Gasteiger partial charge in [0.1, 0.15) is 0 Å². The number of fused-ring (bicyclic) bond motifs is 1. The summed E-state index contributed by atoms with van der Waals surface area (Å²) in [5, 5.41) is 3.35. The summed E-state index contributed by atoms with van der Waals surface area (Å²) < 4.78 is 1.01. The lowest BCUT2D eigenvalue weighted by Crippen LogP contribution is -2.28. The standard InChI is InChI=1S/C19H15N3O3S2/c1-26-13-3-2-4-14-17(13)20-19(27-14)21-18(25)11-5-7-12(8-6-11)22-15(23)9-10-16(22)24/h2-8H,9-10H2,1H3,(H,20,21,25). The molecule has 3 aromatic rings. The fourth-order valence-electron chi connectivity index (χ4n) is 2.94. The highest BCUT2D eigenvalue weighted by atomic mass is 32.2. The zero-order chi connectivity index (χ0) is 19.0. The number of nitrogens with zero attached hydrogens (tertiary/aromatic N) is 2. The third kappa shape index (κ3) is 3.33. The number of anilines is 2. The Morgan fingerprint density at radius 2 is 1.81 bits per heavy atom. The number of aromatic nitrogens is 1. The third-order valence-electron chi connectivity index (χ3n) is 4.26. The van der Waals surface area contributed by atoms with Crippen molar-refractivity contribution in [2.24, 2.45) is 0 Å². The molecule has 1 aromatic heterocycles. The Balaban J connectivity index is 1.53. The number of carbonyl (C=O) groups excluding carboxylic acids is 3. The summed E-state index contributed by atoms with van der Waals surface area (Å²) in [5.41, 5.74) is 1.80. The Labute approximate surface area is 163 Å². The van der Waals surface area contributed by atoms with E-state index in [0.717, 1.165) is 15.1 Å². The molecule has 4 rings (SSSR count). The van der Waals surface area contributed by atoms with Gasteiger partial charge < -0.3 is 0 Å². The number of para-hydroxylation sites is 1. The molecular weight excluding hydrogens is 382 g/mol. The van der Waals surface area contributed by atoms with Gasteiger partial charge in [-0.1, -0.05) is 17.4 Å². The molecule has 0 saturated carbocycles. The van der Waals surface area contributed by atoms with Gasteiger partial charge in [0, 0.05) is 23.3 Å². The van der Waals surface area contributed by atoms with Crippen LogP contribution in [0.5, 0.6) is 0 Å². The zero-order valence-electron chi connectivity index (χ0n) is 14.4. The van der Waals surface area contributed by atoms with Gasteiger partial charge in [0.15, 0.2) is 5.13 Å².